The van der Waals surface area contributed by atoms with Gasteiger partial charge in [-0.3, -0.25) is 4.79 Å². The molecule has 0 aromatic carbocycles. The number of carbonyl (C=O) groups excluding carboxylic acids is 1. The Hall–Kier alpha value is -2.17. The lowest BCUT2D eigenvalue weighted by Gasteiger charge is -2.22. The van der Waals surface area contributed by atoms with Gasteiger partial charge in [-0.2, -0.15) is 0 Å². The van der Waals surface area contributed by atoms with Crippen LogP contribution in [0.1, 0.15) is 361 Å². The second-order valence-electron chi connectivity index (χ2n) is 23.2. The summed E-state index contributed by atoms with van der Waals surface area (Å²) in [6, 6.07) is -0.538. The zero-order valence-corrected chi connectivity index (χ0v) is 51.3. The number of amides is 1. The molecule has 0 aliphatic rings. The molecule has 0 bridgehead atoms. The lowest BCUT2D eigenvalue weighted by Crippen LogP contribution is -2.45. The summed E-state index contributed by atoms with van der Waals surface area (Å²) in [6.45, 7) is 4.28. The van der Waals surface area contributed by atoms with E-state index in [0.717, 1.165) is 64.2 Å². The van der Waals surface area contributed by atoms with Crippen molar-refractivity contribution in [3.63, 3.8) is 0 Å². The van der Waals surface area contributed by atoms with Gasteiger partial charge < -0.3 is 15.5 Å². The first-order chi connectivity index (χ1) is 37.7. The van der Waals surface area contributed by atoms with Crippen molar-refractivity contribution in [3.05, 3.63) is 72.9 Å². The molecule has 444 valence electrons. The molecule has 0 aliphatic heterocycles. The van der Waals surface area contributed by atoms with Gasteiger partial charge in [0, 0.05) is 6.42 Å². The van der Waals surface area contributed by atoms with Crippen molar-refractivity contribution in [3.8, 4) is 0 Å². The monoisotopic (exact) mass is 1060 g/mol. The Morgan fingerprint density at radius 3 is 0.868 bits per heavy atom. The van der Waals surface area contributed by atoms with Crippen LogP contribution >= 0.6 is 0 Å². The fraction of sp³-hybridized carbons (Fsp3) is 0.819. The Morgan fingerprint density at radius 1 is 0.329 bits per heavy atom. The van der Waals surface area contributed by atoms with Gasteiger partial charge in [0.15, 0.2) is 0 Å². The van der Waals surface area contributed by atoms with Crippen LogP contribution in [0.25, 0.3) is 0 Å². The van der Waals surface area contributed by atoms with Crippen LogP contribution in [0.4, 0.5) is 0 Å². The fourth-order valence-corrected chi connectivity index (χ4v) is 10.6. The summed E-state index contributed by atoms with van der Waals surface area (Å²) >= 11 is 0. The normalized spacial score (nSPS) is 13.2. The van der Waals surface area contributed by atoms with Gasteiger partial charge in [-0.1, -0.05) is 363 Å². The highest BCUT2D eigenvalue weighted by Crippen LogP contribution is 2.19. The number of nitrogens with one attached hydrogen (secondary N) is 1. The summed E-state index contributed by atoms with van der Waals surface area (Å²) in [5, 5.41) is 23.5. The van der Waals surface area contributed by atoms with Crippen molar-refractivity contribution in [1.82, 2.24) is 5.32 Å². The second-order valence-corrected chi connectivity index (χ2v) is 23.2. The van der Waals surface area contributed by atoms with Gasteiger partial charge in [0.25, 0.3) is 0 Å². The van der Waals surface area contributed by atoms with E-state index < -0.39 is 12.1 Å². The van der Waals surface area contributed by atoms with Crippen LogP contribution in [0, 0.1) is 0 Å². The average molecular weight is 1060 g/mol. The maximum absolute atomic E-state index is 12.6. The van der Waals surface area contributed by atoms with Gasteiger partial charge in [0.2, 0.25) is 5.91 Å². The van der Waals surface area contributed by atoms with E-state index in [0.29, 0.717) is 12.8 Å². The molecule has 0 aromatic heterocycles. The zero-order valence-electron chi connectivity index (χ0n) is 51.3. The van der Waals surface area contributed by atoms with E-state index in [1.807, 2.05) is 0 Å². The van der Waals surface area contributed by atoms with Gasteiger partial charge in [-0.05, 0) is 64.2 Å². The van der Waals surface area contributed by atoms with Gasteiger partial charge in [0.05, 0.1) is 18.8 Å². The minimum Gasteiger partial charge on any atom is -0.394 e. The number of allylic oxidation sites excluding steroid dienone is 12. The summed E-state index contributed by atoms with van der Waals surface area (Å²) < 4.78 is 0. The average Bonchev–Trinajstić information content (AvgIpc) is 3.42. The number of hydrogen-bond acceptors (Lipinski definition) is 3. The number of aliphatic hydroxyl groups excluding tert-OH is 2. The van der Waals surface area contributed by atoms with Crippen molar-refractivity contribution in [2.45, 2.75) is 373 Å². The largest absolute Gasteiger partial charge is 0.394 e. The molecule has 0 saturated carbocycles. The van der Waals surface area contributed by atoms with E-state index in [9.17, 15) is 15.0 Å². The van der Waals surface area contributed by atoms with Gasteiger partial charge in [0.1, 0.15) is 0 Å². The van der Waals surface area contributed by atoms with E-state index in [1.54, 1.807) is 0 Å². The standard InChI is InChI=1S/C72H133NO3/c1-3-5-7-9-11-13-15-17-19-21-23-25-27-29-30-31-32-33-34-35-36-37-38-39-40-41-42-44-46-48-50-52-54-56-58-60-62-64-66-68-72(76)73-70(69-74)71(75)67-65-63-61-59-57-55-53-51-49-47-45-43-28-26-24-22-20-18-16-14-12-10-8-6-4-2/h5,7,11,13,17,19,23,25,29-30,32-33,70-71,74-75H,3-4,6,8-10,12,14-16,18,20-22,24,26-28,31,34-69H2,1-2H3,(H,73,76)/b7-5-,13-11-,19-17-,25-23-,30-29-,33-32-. The van der Waals surface area contributed by atoms with Gasteiger partial charge >= 0.3 is 0 Å². The molecule has 0 heterocycles. The van der Waals surface area contributed by atoms with E-state index in [1.165, 1.54) is 270 Å². The SMILES string of the molecule is CC/C=C\C/C=C\C/C=C\C/C=C\C/C=C\C/C=C\CCCCCCCCCCCCCCCCCCCCCCC(=O)NC(CO)C(O)CCCCCCCCCCCCCCCCCCCCCCCCCCC. The molecule has 4 heteroatoms. The number of aliphatic hydroxyl groups is 2. The first kappa shape index (κ1) is 73.8. The smallest absolute Gasteiger partial charge is 0.220 e. The highest BCUT2D eigenvalue weighted by atomic mass is 16.3. The third kappa shape index (κ3) is 62.7. The molecule has 0 saturated heterocycles. The lowest BCUT2D eigenvalue weighted by atomic mass is 10.0. The first-order valence-electron chi connectivity index (χ1n) is 34.1. The topological polar surface area (TPSA) is 69.6 Å². The van der Waals surface area contributed by atoms with Crippen LogP contribution in [0.5, 0.6) is 0 Å². The second kappa shape index (κ2) is 67.1. The summed E-state index contributed by atoms with van der Waals surface area (Å²) in [6.07, 6.45) is 96.6. The number of hydrogen-bond donors (Lipinski definition) is 3. The van der Waals surface area contributed by atoms with Crippen molar-refractivity contribution < 1.29 is 15.0 Å². The minimum absolute atomic E-state index is 0.0254. The quantitative estimate of drug-likeness (QED) is 0.0420. The minimum atomic E-state index is -0.662. The number of carbonyl (C=O) groups is 1. The van der Waals surface area contributed by atoms with Crippen LogP contribution in [-0.2, 0) is 4.79 Å². The summed E-state index contributed by atoms with van der Waals surface area (Å²) in [5.74, 6) is -0.0254. The van der Waals surface area contributed by atoms with E-state index in [2.05, 4.69) is 92.1 Å². The predicted octanol–water partition coefficient (Wildman–Crippen LogP) is 23.3. The molecule has 0 spiro atoms. The van der Waals surface area contributed by atoms with Crippen molar-refractivity contribution in [2.24, 2.45) is 0 Å². The Morgan fingerprint density at radius 2 is 0.579 bits per heavy atom. The maximum Gasteiger partial charge on any atom is 0.220 e. The molecule has 3 N–H and O–H groups in total. The fourth-order valence-electron chi connectivity index (χ4n) is 10.6. The summed E-state index contributed by atoms with van der Waals surface area (Å²) in [7, 11) is 0. The van der Waals surface area contributed by atoms with Gasteiger partial charge in [-0.15, -0.1) is 0 Å². The summed E-state index contributed by atoms with van der Waals surface area (Å²) in [4.78, 5) is 12.6. The third-order valence-electron chi connectivity index (χ3n) is 15.7. The predicted molar refractivity (Wildman–Crippen MR) is 341 cm³/mol. The first-order valence-corrected chi connectivity index (χ1v) is 34.1. The van der Waals surface area contributed by atoms with Crippen LogP contribution < -0.4 is 5.32 Å². The molecule has 4 nitrogen and oxygen atoms in total. The van der Waals surface area contributed by atoms with Crippen LogP contribution in [0.3, 0.4) is 0 Å². The van der Waals surface area contributed by atoms with Gasteiger partial charge in [-0.25, -0.2) is 0 Å². The highest BCUT2D eigenvalue weighted by molar-refractivity contribution is 5.76. The molecule has 1 amide bonds. The Labute approximate surface area is 476 Å². The Bertz CT molecular complexity index is 1290. The van der Waals surface area contributed by atoms with E-state index >= 15 is 0 Å². The van der Waals surface area contributed by atoms with Crippen molar-refractivity contribution >= 4 is 5.91 Å². The molecule has 0 rings (SSSR count). The maximum atomic E-state index is 12.6. The third-order valence-corrected chi connectivity index (χ3v) is 15.7. The Balaban J connectivity index is 3.42. The van der Waals surface area contributed by atoms with Crippen LogP contribution in [0.2, 0.25) is 0 Å². The summed E-state index contributed by atoms with van der Waals surface area (Å²) in [5.41, 5.74) is 0. The molecule has 0 aromatic rings. The van der Waals surface area contributed by atoms with E-state index in [4.69, 9.17) is 0 Å². The number of unbranched alkanes of at least 4 members (excludes halogenated alkanes) is 44. The highest BCUT2D eigenvalue weighted by Gasteiger charge is 2.20. The molecule has 2 unspecified atom stereocenters. The van der Waals surface area contributed by atoms with Crippen LogP contribution in [-0.4, -0.2) is 34.9 Å². The Kier molecular flexibility index (Phi) is 65.2. The lowest BCUT2D eigenvalue weighted by molar-refractivity contribution is -0.123. The molecule has 0 radical (unpaired) electrons. The van der Waals surface area contributed by atoms with Crippen molar-refractivity contribution in [2.75, 3.05) is 6.61 Å². The number of rotatable bonds is 63. The zero-order chi connectivity index (χ0) is 54.8. The molecule has 0 aliphatic carbocycles. The molecule has 76 heavy (non-hydrogen) atoms. The van der Waals surface area contributed by atoms with Crippen LogP contribution in [0.15, 0.2) is 72.9 Å². The van der Waals surface area contributed by atoms with Crippen molar-refractivity contribution in [1.29, 1.82) is 0 Å². The molecule has 0 fully saturated rings. The molecular weight excluding hydrogens is 927 g/mol. The molecular formula is C72H133NO3. The van der Waals surface area contributed by atoms with E-state index in [-0.39, 0.29) is 12.5 Å². The molecule has 2 atom stereocenters.